The highest BCUT2D eigenvalue weighted by atomic mass is 16.7. The van der Waals surface area contributed by atoms with Crippen LogP contribution in [0.15, 0.2) is 0 Å². The van der Waals surface area contributed by atoms with Crippen molar-refractivity contribution in [2.75, 3.05) is 13.2 Å². The molecule has 0 unspecified atom stereocenters. The fraction of sp³-hybridized carbons (Fsp3) is 0.917. The molecule has 2 N–H and O–H groups in total. The van der Waals surface area contributed by atoms with Crippen molar-refractivity contribution in [3.8, 4) is 0 Å². The number of aliphatic hydroxyl groups is 1. The Bertz CT molecular complexity index is 297. The van der Waals surface area contributed by atoms with Crippen LogP contribution in [0.2, 0.25) is 0 Å². The van der Waals surface area contributed by atoms with Gasteiger partial charge >= 0.3 is 6.09 Å². The molecule has 0 aliphatic carbocycles. The van der Waals surface area contributed by atoms with Gasteiger partial charge in [-0.2, -0.15) is 0 Å². The molecule has 1 saturated heterocycles. The first-order valence-electron chi connectivity index (χ1n) is 6.05. The van der Waals surface area contributed by atoms with Crippen LogP contribution >= 0.6 is 0 Å². The molecule has 0 saturated carbocycles. The van der Waals surface area contributed by atoms with Crippen LogP contribution in [0.4, 0.5) is 4.79 Å². The van der Waals surface area contributed by atoms with Gasteiger partial charge in [-0.1, -0.05) is 0 Å². The topological polar surface area (TPSA) is 77.0 Å². The van der Waals surface area contributed by atoms with Gasteiger partial charge in [0, 0.05) is 0 Å². The summed E-state index contributed by atoms with van der Waals surface area (Å²) < 4.78 is 16.1. The van der Waals surface area contributed by atoms with Crippen molar-refractivity contribution in [3.05, 3.63) is 0 Å². The van der Waals surface area contributed by atoms with Crippen molar-refractivity contribution in [2.45, 2.75) is 58.2 Å². The summed E-state index contributed by atoms with van der Waals surface area (Å²) in [5.74, 6) is -0.687. The minimum Gasteiger partial charge on any atom is -0.444 e. The first-order chi connectivity index (χ1) is 8.13. The average Bonchev–Trinajstić information content (AvgIpc) is 2.52. The smallest absolute Gasteiger partial charge is 0.408 e. The number of rotatable bonds is 3. The molecule has 0 aromatic rings. The number of alkyl carbamates (subject to hydrolysis) is 1. The van der Waals surface area contributed by atoms with Crippen molar-refractivity contribution >= 4 is 6.09 Å². The van der Waals surface area contributed by atoms with E-state index in [1.54, 1.807) is 34.6 Å². The number of carbonyl (C=O) groups is 1. The first kappa shape index (κ1) is 15.2. The quantitative estimate of drug-likeness (QED) is 0.793. The molecule has 6 nitrogen and oxygen atoms in total. The van der Waals surface area contributed by atoms with Gasteiger partial charge < -0.3 is 24.6 Å². The Labute approximate surface area is 108 Å². The Kier molecular flexibility index (Phi) is 4.58. The van der Waals surface area contributed by atoms with Crippen LogP contribution in [0.5, 0.6) is 0 Å². The highest BCUT2D eigenvalue weighted by Crippen LogP contribution is 2.24. The second kappa shape index (κ2) is 5.42. The van der Waals surface area contributed by atoms with Crippen molar-refractivity contribution < 1.29 is 24.1 Å². The van der Waals surface area contributed by atoms with E-state index >= 15 is 0 Å². The van der Waals surface area contributed by atoms with E-state index in [0.717, 1.165) is 0 Å². The maximum Gasteiger partial charge on any atom is 0.408 e. The van der Waals surface area contributed by atoms with Crippen LogP contribution in [0, 0.1) is 0 Å². The Hall–Kier alpha value is -0.850. The van der Waals surface area contributed by atoms with Crippen molar-refractivity contribution in [2.24, 2.45) is 0 Å². The zero-order valence-electron chi connectivity index (χ0n) is 11.6. The summed E-state index contributed by atoms with van der Waals surface area (Å²) in [6.07, 6.45) is -0.952. The second-order valence-electron chi connectivity index (χ2n) is 5.80. The predicted molar refractivity (Wildman–Crippen MR) is 65.1 cm³/mol. The third-order valence-electron chi connectivity index (χ3n) is 2.38. The third kappa shape index (κ3) is 4.80. The van der Waals surface area contributed by atoms with Crippen molar-refractivity contribution in [1.29, 1.82) is 0 Å². The molecular formula is C12H23NO5. The maximum absolute atomic E-state index is 11.6. The van der Waals surface area contributed by atoms with E-state index in [2.05, 4.69) is 5.32 Å². The third-order valence-corrected chi connectivity index (χ3v) is 2.38. The van der Waals surface area contributed by atoms with E-state index in [1.165, 1.54) is 0 Å². The highest BCUT2D eigenvalue weighted by molar-refractivity contribution is 5.68. The fourth-order valence-corrected chi connectivity index (χ4v) is 1.63. The molecule has 1 heterocycles. The largest absolute Gasteiger partial charge is 0.444 e. The molecule has 2 atom stereocenters. The number of ether oxygens (including phenoxy) is 3. The molecule has 1 aliphatic rings. The fourth-order valence-electron chi connectivity index (χ4n) is 1.63. The molecule has 0 radical (unpaired) electrons. The van der Waals surface area contributed by atoms with Gasteiger partial charge in [-0.15, -0.1) is 0 Å². The lowest BCUT2D eigenvalue weighted by Gasteiger charge is -2.26. The van der Waals surface area contributed by atoms with Gasteiger partial charge in [0.15, 0.2) is 5.79 Å². The number of nitrogens with one attached hydrogen (secondary N) is 1. The van der Waals surface area contributed by atoms with Gasteiger partial charge in [-0.05, 0) is 34.6 Å². The van der Waals surface area contributed by atoms with Crippen LogP contribution in [-0.4, -0.2) is 47.9 Å². The minimum atomic E-state index is -0.687. The molecule has 6 heteroatoms. The highest BCUT2D eigenvalue weighted by Gasteiger charge is 2.38. The van der Waals surface area contributed by atoms with E-state index in [0.29, 0.717) is 6.61 Å². The zero-order valence-corrected chi connectivity index (χ0v) is 11.6. The van der Waals surface area contributed by atoms with Gasteiger partial charge in [-0.3, -0.25) is 0 Å². The Morgan fingerprint density at radius 2 is 2.17 bits per heavy atom. The minimum absolute atomic E-state index is 0.233. The number of aliphatic hydroxyl groups excluding tert-OH is 1. The number of carbonyl (C=O) groups excluding carboxylic acids is 1. The monoisotopic (exact) mass is 261 g/mol. The lowest BCUT2D eigenvalue weighted by atomic mass is 10.2. The Morgan fingerprint density at radius 3 is 2.56 bits per heavy atom. The standard InChI is InChI=1S/C12H23NO5/c1-11(2,3)18-10(15)13-8(6-14)9-7-16-12(4,5)17-9/h8-9,14H,6-7H2,1-5H3,(H,13,15)/t8-,9+/m0/s1. The van der Waals surface area contributed by atoms with E-state index in [4.69, 9.17) is 14.2 Å². The molecule has 0 aromatic heterocycles. The normalized spacial score (nSPS) is 24.7. The molecule has 1 rings (SSSR count). The molecular weight excluding hydrogens is 238 g/mol. The summed E-state index contributed by atoms with van der Waals surface area (Å²) in [5, 5.41) is 11.9. The summed E-state index contributed by atoms with van der Waals surface area (Å²) in [5.41, 5.74) is -0.573. The predicted octanol–water partition coefficient (Wildman–Crippen LogP) is 1.02. The molecule has 0 spiro atoms. The van der Waals surface area contributed by atoms with E-state index in [9.17, 15) is 9.90 Å². The first-order valence-corrected chi connectivity index (χ1v) is 6.05. The lowest BCUT2D eigenvalue weighted by Crippen LogP contribution is -2.48. The number of hydrogen-bond acceptors (Lipinski definition) is 5. The Morgan fingerprint density at radius 1 is 1.56 bits per heavy atom. The van der Waals surface area contributed by atoms with E-state index < -0.39 is 23.5 Å². The SMILES string of the molecule is CC(C)(C)OC(=O)N[C@@H](CO)[C@H]1COC(C)(C)O1. The average molecular weight is 261 g/mol. The van der Waals surface area contributed by atoms with E-state index in [1.807, 2.05) is 0 Å². The molecule has 1 amide bonds. The molecule has 1 aliphatic heterocycles. The van der Waals surface area contributed by atoms with Gasteiger partial charge in [0.1, 0.15) is 11.7 Å². The van der Waals surface area contributed by atoms with Crippen LogP contribution < -0.4 is 5.32 Å². The molecule has 0 aromatic carbocycles. The van der Waals surface area contributed by atoms with Gasteiger partial charge in [0.05, 0.1) is 19.3 Å². The number of hydrogen-bond donors (Lipinski definition) is 2. The molecule has 106 valence electrons. The summed E-state index contributed by atoms with van der Waals surface area (Å²) in [7, 11) is 0. The summed E-state index contributed by atoms with van der Waals surface area (Å²) in [6.45, 7) is 9.00. The van der Waals surface area contributed by atoms with Crippen LogP contribution in [-0.2, 0) is 14.2 Å². The van der Waals surface area contributed by atoms with Gasteiger partial charge in [0.2, 0.25) is 0 Å². The second-order valence-corrected chi connectivity index (χ2v) is 5.80. The zero-order chi connectivity index (χ0) is 14.0. The maximum atomic E-state index is 11.6. The van der Waals surface area contributed by atoms with Crippen LogP contribution in [0.25, 0.3) is 0 Å². The van der Waals surface area contributed by atoms with Gasteiger partial charge in [0.25, 0.3) is 0 Å². The molecule has 0 bridgehead atoms. The Balaban J connectivity index is 2.50. The van der Waals surface area contributed by atoms with Gasteiger partial charge in [-0.25, -0.2) is 4.79 Å². The summed E-state index contributed by atoms with van der Waals surface area (Å²) >= 11 is 0. The van der Waals surface area contributed by atoms with Crippen LogP contribution in [0.3, 0.4) is 0 Å². The summed E-state index contributed by atoms with van der Waals surface area (Å²) in [4.78, 5) is 11.6. The van der Waals surface area contributed by atoms with Crippen LogP contribution in [0.1, 0.15) is 34.6 Å². The van der Waals surface area contributed by atoms with Crippen molar-refractivity contribution in [1.82, 2.24) is 5.32 Å². The number of amides is 1. The van der Waals surface area contributed by atoms with Crippen molar-refractivity contribution in [3.63, 3.8) is 0 Å². The lowest BCUT2D eigenvalue weighted by molar-refractivity contribution is -0.142. The van der Waals surface area contributed by atoms with E-state index in [-0.39, 0.29) is 12.7 Å². The molecule has 1 fully saturated rings. The molecule has 18 heavy (non-hydrogen) atoms. The summed E-state index contributed by atoms with van der Waals surface area (Å²) in [6, 6.07) is -0.540.